The molecule has 1 aromatic carbocycles. The predicted molar refractivity (Wildman–Crippen MR) is 84.3 cm³/mol. The first-order valence-corrected chi connectivity index (χ1v) is 7.83. The maximum Gasteiger partial charge on any atom is 0.123 e. The normalized spacial score (nSPS) is 21.9. The molecule has 2 heterocycles. The van der Waals surface area contributed by atoms with Crippen molar-refractivity contribution in [2.24, 2.45) is 0 Å². The van der Waals surface area contributed by atoms with Crippen LogP contribution in [-0.4, -0.2) is 46.2 Å². The molecular weight excluding hydrogens is 297 g/mol. The van der Waals surface area contributed by atoms with Crippen LogP contribution < -0.4 is 0 Å². The molecule has 0 unspecified atom stereocenters. The van der Waals surface area contributed by atoms with E-state index in [-0.39, 0.29) is 18.0 Å². The van der Waals surface area contributed by atoms with Gasteiger partial charge in [-0.3, -0.25) is 9.58 Å². The van der Waals surface area contributed by atoms with Crippen LogP contribution in [0, 0.1) is 5.82 Å². The molecule has 6 heteroatoms. The average Bonchev–Trinajstić information content (AvgIpc) is 3.13. The summed E-state index contributed by atoms with van der Waals surface area (Å²) < 4.78 is 20.0. The number of hydrogen-bond acceptors (Lipinski definition) is 4. The predicted octanol–water partition coefficient (Wildman–Crippen LogP) is 1.98. The van der Waals surface area contributed by atoms with Gasteiger partial charge in [0.1, 0.15) is 5.82 Å². The molecule has 0 amide bonds. The largest absolute Gasteiger partial charge is 0.392 e. The monoisotopic (exact) mass is 319 g/mol. The van der Waals surface area contributed by atoms with E-state index in [0.717, 1.165) is 17.7 Å². The van der Waals surface area contributed by atoms with Gasteiger partial charge in [0.25, 0.3) is 0 Å². The highest BCUT2D eigenvalue weighted by Crippen LogP contribution is 2.33. The first-order chi connectivity index (χ1) is 11.2. The molecular formula is C17H22FN3O2. The standard InChI is InChI=1S/C17H22FN3O2/c1-23-7-6-21-11-13(9-19-21)10-20-12-16(22)8-17(20)14-2-4-15(18)5-3-14/h2-5,9,11,16-17,22H,6-8,10,12H2,1H3/t16-,17-/m1/s1. The summed E-state index contributed by atoms with van der Waals surface area (Å²) >= 11 is 0. The van der Waals surface area contributed by atoms with E-state index < -0.39 is 0 Å². The van der Waals surface area contributed by atoms with Crippen LogP contribution in [0.1, 0.15) is 23.6 Å². The van der Waals surface area contributed by atoms with Gasteiger partial charge in [0.15, 0.2) is 0 Å². The number of rotatable bonds is 6. The maximum atomic E-state index is 13.1. The quantitative estimate of drug-likeness (QED) is 0.884. The van der Waals surface area contributed by atoms with Crippen molar-refractivity contribution >= 4 is 0 Å². The van der Waals surface area contributed by atoms with Crippen LogP contribution in [0.4, 0.5) is 4.39 Å². The van der Waals surface area contributed by atoms with Crippen LogP contribution in [0.25, 0.3) is 0 Å². The van der Waals surface area contributed by atoms with Crippen LogP contribution in [-0.2, 0) is 17.8 Å². The zero-order valence-electron chi connectivity index (χ0n) is 13.2. The summed E-state index contributed by atoms with van der Waals surface area (Å²) in [5, 5.41) is 14.4. The molecule has 0 bridgehead atoms. The molecule has 3 rings (SSSR count). The zero-order chi connectivity index (χ0) is 16.2. The minimum absolute atomic E-state index is 0.105. The highest BCUT2D eigenvalue weighted by molar-refractivity contribution is 5.22. The zero-order valence-corrected chi connectivity index (χ0v) is 13.2. The lowest BCUT2D eigenvalue weighted by Crippen LogP contribution is -2.24. The van der Waals surface area contributed by atoms with Gasteiger partial charge in [0.2, 0.25) is 0 Å². The summed E-state index contributed by atoms with van der Waals surface area (Å²) in [7, 11) is 1.67. The van der Waals surface area contributed by atoms with E-state index >= 15 is 0 Å². The van der Waals surface area contributed by atoms with E-state index in [4.69, 9.17) is 4.74 Å². The van der Waals surface area contributed by atoms with Crippen LogP contribution in [0.15, 0.2) is 36.7 Å². The number of hydrogen-bond donors (Lipinski definition) is 1. The Balaban J connectivity index is 1.69. The second-order valence-corrected chi connectivity index (χ2v) is 5.99. The van der Waals surface area contributed by atoms with Gasteiger partial charge < -0.3 is 9.84 Å². The van der Waals surface area contributed by atoms with E-state index in [2.05, 4.69) is 10.00 Å². The van der Waals surface area contributed by atoms with Gasteiger partial charge in [-0.2, -0.15) is 5.10 Å². The third kappa shape index (κ3) is 3.96. The molecule has 1 aliphatic rings. The molecule has 1 aliphatic heterocycles. The van der Waals surface area contributed by atoms with Gasteiger partial charge in [-0.1, -0.05) is 12.1 Å². The van der Waals surface area contributed by atoms with Gasteiger partial charge in [-0.25, -0.2) is 4.39 Å². The second kappa shape index (κ2) is 7.21. The number of likely N-dealkylation sites (tertiary alicyclic amines) is 1. The Bertz CT molecular complexity index is 629. The van der Waals surface area contributed by atoms with E-state index in [9.17, 15) is 9.50 Å². The number of methoxy groups -OCH3 is 1. The molecule has 1 saturated heterocycles. The van der Waals surface area contributed by atoms with E-state index in [0.29, 0.717) is 26.1 Å². The lowest BCUT2D eigenvalue weighted by atomic mass is 10.0. The minimum Gasteiger partial charge on any atom is -0.392 e. The Labute approximate surface area is 135 Å². The molecule has 1 fully saturated rings. The van der Waals surface area contributed by atoms with Crippen molar-refractivity contribution in [1.29, 1.82) is 0 Å². The smallest absolute Gasteiger partial charge is 0.123 e. The molecule has 5 nitrogen and oxygen atoms in total. The second-order valence-electron chi connectivity index (χ2n) is 5.99. The number of aliphatic hydroxyl groups is 1. The van der Waals surface area contributed by atoms with E-state index in [1.54, 1.807) is 19.2 Å². The molecule has 0 aliphatic carbocycles. The number of halogens is 1. The fraction of sp³-hybridized carbons (Fsp3) is 0.471. The summed E-state index contributed by atoms with van der Waals surface area (Å²) in [6.07, 6.45) is 4.17. The summed E-state index contributed by atoms with van der Waals surface area (Å²) in [4.78, 5) is 2.22. The number of nitrogens with zero attached hydrogens (tertiary/aromatic N) is 3. The topological polar surface area (TPSA) is 50.5 Å². The van der Waals surface area contributed by atoms with Gasteiger partial charge >= 0.3 is 0 Å². The van der Waals surface area contributed by atoms with Crippen molar-refractivity contribution in [3.05, 3.63) is 53.6 Å². The first-order valence-electron chi connectivity index (χ1n) is 7.83. The summed E-state index contributed by atoms with van der Waals surface area (Å²) in [5.41, 5.74) is 2.14. The van der Waals surface area contributed by atoms with Crippen molar-refractivity contribution in [2.75, 3.05) is 20.3 Å². The Morgan fingerprint density at radius 2 is 2.13 bits per heavy atom. The number of β-amino-alcohol motifs (C(OH)–C–C–N with tert-alkyl or cyclic N) is 1. The molecule has 0 saturated carbocycles. The van der Waals surface area contributed by atoms with Crippen molar-refractivity contribution in [3.8, 4) is 0 Å². The molecule has 1 aromatic heterocycles. The third-order valence-electron chi connectivity index (χ3n) is 4.23. The fourth-order valence-electron chi connectivity index (χ4n) is 3.12. The Kier molecular flexibility index (Phi) is 5.05. The Morgan fingerprint density at radius 1 is 1.35 bits per heavy atom. The number of ether oxygens (including phenoxy) is 1. The van der Waals surface area contributed by atoms with E-state index in [1.165, 1.54) is 12.1 Å². The number of aliphatic hydroxyl groups excluding tert-OH is 1. The first kappa shape index (κ1) is 16.1. The lowest BCUT2D eigenvalue weighted by Gasteiger charge is -2.23. The van der Waals surface area contributed by atoms with Crippen molar-refractivity contribution < 1.29 is 14.2 Å². The lowest BCUT2D eigenvalue weighted by molar-refractivity contribution is 0.172. The number of aromatic nitrogens is 2. The molecule has 0 spiro atoms. The Hall–Kier alpha value is -1.76. The van der Waals surface area contributed by atoms with Crippen molar-refractivity contribution in [1.82, 2.24) is 14.7 Å². The van der Waals surface area contributed by atoms with Gasteiger partial charge in [-0.15, -0.1) is 0 Å². The summed E-state index contributed by atoms with van der Waals surface area (Å²) in [6, 6.07) is 6.65. The van der Waals surface area contributed by atoms with Gasteiger partial charge in [0, 0.05) is 38.0 Å². The molecule has 2 atom stereocenters. The molecule has 0 radical (unpaired) electrons. The minimum atomic E-state index is -0.353. The van der Waals surface area contributed by atoms with Crippen LogP contribution in [0.2, 0.25) is 0 Å². The fourth-order valence-corrected chi connectivity index (χ4v) is 3.12. The SMILES string of the molecule is COCCn1cc(CN2C[C@H](O)C[C@@H]2c2ccc(F)cc2)cn1. The van der Waals surface area contributed by atoms with Crippen LogP contribution in [0.3, 0.4) is 0 Å². The number of benzene rings is 1. The van der Waals surface area contributed by atoms with Gasteiger partial charge in [0.05, 0.1) is 25.5 Å². The van der Waals surface area contributed by atoms with Crippen LogP contribution >= 0.6 is 0 Å². The van der Waals surface area contributed by atoms with Crippen molar-refractivity contribution in [2.45, 2.75) is 31.7 Å². The maximum absolute atomic E-state index is 13.1. The average molecular weight is 319 g/mol. The molecule has 2 aromatic rings. The van der Waals surface area contributed by atoms with E-state index in [1.807, 2.05) is 17.1 Å². The van der Waals surface area contributed by atoms with Crippen molar-refractivity contribution in [3.63, 3.8) is 0 Å². The highest BCUT2D eigenvalue weighted by Gasteiger charge is 2.32. The van der Waals surface area contributed by atoms with Crippen LogP contribution in [0.5, 0.6) is 0 Å². The summed E-state index contributed by atoms with van der Waals surface area (Å²) in [6.45, 7) is 2.68. The third-order valence-corrected chi connectivity index (χ3v) is 4.23. The molecule has 23 heavy (non-hydrogen) atoms. The van der Waals surface area contributed by atoms with Gasteiger partial charge in [-0.05, 0) is 24.1 Å². The Morgan fingerprint density at radius 3 is 2.87 bits per heavy atom. The summed E-state index contributed by atoms with van der Waals surface area (Å²) in [5.74, 6) is -0.238. The molecule has 124 valence electrons. The molecule has 1 N–H and O–H groups in total. The highest BCUT2D eigenvalue weighted by atomic mass is 19.1.